The van der Waals surface area contributed by atoms with Gasteiger partial charge in [0.05, 0.1) is 32.0 Å². The highest BCUT2D eigenvalue weighted by Gasteiger charge is 2.24. The number of hydrogen-bond acceptors (Lipinski definition) is 6. The molecule has 0 radical (unpaired) electrons. The van der Waals surface area contributed by atoms with Crippen molar-refractivity contribution in [3.8, 4) is 17.2 Å². The second-order valence-electron chi connectivity index (χ2n) is 5.98. The standard InChI is InChI=1S/C21H21ClN2O4S/c1-26-17-12-14(13-18(27-2)20(17)28-3)8-9-19(25)24-10-11-29-21(24)23-16-7-5-4-6-15(16)22/h4-9,12-13H,10-11H2,1-3H3. The summed E-state index contributed by atoms with van der Waals surface area (Å²) in [5.74, 6) is 2.18. The van der Waals surface area contributed by atoms with Gasteiger partial charge >= 0.3 is 0 Å². The maximum Gasteiger partial charge on any atom is 0.252 e. The number of carbonyl (C=O) groups is 1. The zero-order chi connectivity index (χ0) is 20.8. The predicted octanol–water partition coefficient (Wildman–Crippen LogP) is 4.64. The van der Waals surface area contributed by atoms with Crippen LogP contribution in [-0.2, 0) is 4.79 Å². The number of halogens is 1. The van der Waals surface area contributed by atoms with Gasteiger partial charge in [-0.3, -0.25) is 9.69 Å². The zero-order valence-electron chi connectivity index (χ0n) is 16.3. The third kappa shape index (κ3) is 4.86. The number of nitrogens with zero attached hydrogens (tertiary/aromatic N) is 2. The summed E-state index contributed by atoms with van der Waals surface area (Å²) in [4.78, 5) is 19.0. The zero-order valence-corrected chi connectivity index (χ0v) is 17.9. The van der Waals surface area contributed by atoms with E-state index in [9.17, 15) is 4.79 Å². The quantitative estimate of drug-likeness (QED) is 0.622. The van der Waals surface area contributed by atoms with Gasteiger partial charge in [0.1, 0.15) is 0 Å². The van der Waals surface area contributed by atoms with Gasteiger partial charge in [-0.15, -0.1) is 0 Å². The largest absolute Gasteiger partial charge is 0.493 e. The second kappa shape index (κ2) is 9.71. The van der Waals surface area contributed by atoms with Crippen LogP contribution >= 0.6 is 23.4 Å². The second-order valence-corrected chi connectivity index (χ2v) is 7.45. The highest BCUT2D eigenvalue weighted by molar-refractivity contribution is 8.14. The van der Waals surface area contributed by atoms with E-state index in [4.69, 9.17) is 25.8 Å². The molecule has 0 N–H and O–H groups in total. The van der Waals surface area contributed by atoms with E-state index in [1.54, 1.807) is 50.5 Å². The first kappa shape index (κ1) is 21.1. The van der Waals surface area contributed by atoms with E-state index >= 15 is 0 Å². The Bertz CT molecular complexity index is 936. The third-order valence-corrected chi connectivity index (χ3v) is 5.49. The van der Waals surface area contributed by atoms with Crippen molar-refractivity contribution in [2.75, 3.05) is 33.6 Å². The van der Waals surface area contributed by atoms with Crippen LogP contribution in [-0.4, -0.2) is 49.6 Å². The Kier molecular flexibility index (Phi) is 7.06. The molecule has 1 saturated heterocycles. The lowest BCUT2D eigenvalue weighted by Gasteiger charge is -2.14. The van der Waals surface area contributed by atoms with Gasteiger partial charge in [-0.2, -0.15) is 0 Å². The van der Waals surface area contributed by atoms with Gasteiger partial charge in [0, 0.05) is 18.4 Å². The topological polar surface area (TPSA) is 60.4 Å². The van der Waals surface area contributed by atoms with Crippen molar-refractivity contribution >= 4 is 46.2 Å². The van der Waals surface area contributed by atoms with Gasteiger partial charge < -0.3 is 14.2 Å². The molecule has 8 heteroatoms. The minimum Gasteiger partial charge on any atom is -0.493 e. The Morgan fingerprint density at radius 2 is 1.83 bits per heavy atom. The Morgan fingerprint density at radius 1 is 1.14 bits per heavy atom. The van der Waals surface area contributed by atoms with Gasteiger partial charge in [0.25, 0.3) is 5.91 Å². The van der Waals surface area contributed by atoms with Crippen molar-refractivity contribution in [2.45, 2.75) is 0 Å². The minimum atomic E-state index is -0.158. The van der Waals surface area contributed by atoms with E-state index < -0.39 is 0 Å². The number of amidine groups is 1. The molecule has 0 atom stereocenters. The molecule has 152 valence electrons. The number of hydrogen-bond donors (Lipinski definition) is 0. The number of para-hydroxylation sites is 1. The minimum absolute atomic E-state index is 0.158. The fourth-order valence-electron chi connectivity index (χ4n) is 2.80. The molecule has 0 aliphatic carbocycles. The molecule has 1 amide bonds. The molecule has 3 rings (SSSR count). The summed E-state index contributed by atoms with van der Waals surface area (Å²) in [7, 11) is 4.65. The molecule has 2 aromatic carbocycles. The highest BCUT2D eigenvalue weighted by Crippen LogP contribution is 2.38. The number of methoxy groups -OCH3 is 3. The average Bonchev–Trinajstić information content (AvgIpc) is 3.21. The predicted molar refractivity (Wildman–Crippen MR) is 118 cm³/mol. The number of aliphatic imine (C=N–C) groups is 1. The Labute approximate surface area is 179 Å². The first-order valence-electron chi connectivity index (χ1n) is 8.83. The summed E-state index contributed by atoms with van der Waals surface area (Å²) < 4.78 is 16.0. The molecule has 1 aliphatic heterocycles. The first-order chi connectivity index (χ1) is 14.1. The van der Waals surface area contributed by atoms with Crippen molar-refractivity contribution in [1.29, 1.82) is 0 Å². The van der Waals surface area contributed by atoms with Gasteiger partial charge in [0.2, 0.25) is 5.75 Å². The van der Waals surface area contributed by atoms with Crippen molar-refractivity contribution in [1.82, 2.24) is 4.90 Å². The fraction of sp³-hybridized carbons (Fsp3) is 0.238. The van der Waals surface area contributed by atoms with Crippen LogP contribution < -0.4 is 14.2 Å². The van der Waals surface area contributed by atoms with Crippen LogP contribution in [0.4, 0.5) is 5.69 Å². The van der Waals surface area contributed by atoms with Crippen LogP contribution in [0, 0.1) is 0 Å². The molecule has 1 heterocycles. The van der Waals surface area contributed by atoms with E-state index in [2.05, 4.69) is 4.99 Å². The molecule has 0 saturated carbocycles. The SMILES string of the molecule is COc1cc(C=CC(=O)N2CCSC2=Nc2ccccc2Cl)cc(OC)c1OC. The van der Waals surface area contributed by atoms with E-state index in [1.807, 2.05) is 18.2 Å². The molecule has 0 unspecified atom stereocenters. The molecule has 0 spiro atoms. The number of thioether (sulfide) groups is 1. The highest BCUT2D eigenvalue weighted by atomic mass is 35.5. The monoisotopic (exact) mass is 432 g/mol. The molecular weight excluding hydrogens is 412 g/mol. The van der Waals surface area contributed by atoms with Crippen LogP contribution in [0.2, 0.25) is 5.02 Å². The van der Waals surface area contributed by atoms with E-state index in [-0.39, 0.29) is 5.91 Å². The molecular formula is C21H21ClN2O4S. The van der Waals surface area contributed by atoms with Crippen molar-refractivity contribution in [2.24, 2.45) is 4.99 Å². The Hall–Kier alpha value is -2.64. The summed E-state index contributed by atoms with van der Waals surface area (Å²) in [5.41, 5.74) is 1.40. The summed E-state index contributed by atoms with van der Waals surface area (Å²) in [5, 5.41) is 1.19. The Balaban J connectivity index is 1.82. The maximum absolute atomic E-state index is 12.8. The van der Waals surface area contributed by atoms with Crippen molar-refractivity contribution in [3.05, 3.63) is 53.1 Å². The smallest absolute Gasteiger partial charge is 0.252 e. The molecule has 0 bridgehead atoms. The lowest BCUT2D eigenvalue weighted by atomic mass is 10.1. The lowest BCUT2D eigenvalue weighted by molar-refractivity contribution is -0.121. The van der Waals surface area contributed by atoms with Gasteiger partial charge in [-0.25, -0.2) is 4.99 Å². The van der Waals surface area contributed by atoms with Crippen LogP contribution in [0.1, 0.15) is 5.56 Å². The van der Waals surface area contributed by atoms with E-state index in [0.717, 1.165) is 11.3 Å². The molecule has 1 fully saturated rings. The number of benzene rings is 2. The summed E-state index contributed by atoms with van der Waals surface area (Å²) in [6, 6.07) is 10.9. The van der Waals surface area contributed by atoms with Crippen molar-refractivity contribution in [3.63, 3.8) is 0 Å². The molecule has 29 heavy (non-hydrogen) atoms. The maximum atomic E-state index is 12.8. The molecule has 1 aliphatic rings. The Morgan fingerprint density at radius 3 is 2.45 bits per heavy atom. The molecule has 0 aromatic heterocycles. The fourth-order valence-corrected chi connectivity index (χ4v) is 3.93. The van der Waals surface area contributed by atoms with Gasteiger partial charge in [0.15, 0.2) is 16.7 Å². The normalized spacial score (nSPS) is 15.2. The number of carbonyl (C=O) groups excluding carboxylic acids is 1. The summed E-state index contributed by atoms with van der Waals surface area (Å²) in [6.07, 6.45) is 3.22. The lowest BCUT2D eigenvalue weighted by Crippen LogP contribution is -2.30. The number of amides is 1. The van der Waals surface area contributed by atoms with Gasteiger partial charge in [-0.05, 0) is 35.9 Å². The van der Waals surface area contributed by atoms with Crippen LogP contribution in [0.15, 0.2) is 47.5 Å². The summed E-state index contributed by atoms with van der Waals surface area (Å²) >= 11 is 7.71. The molecule has 2 aromatic rings. The number of rotatable bonds is 6. The average molecular weight is 433 g/mol. The van der Waals surface area contributed by atoms with Crippen LogP contribution in [0.25, 0.3) is 6.08 Å². The van der Waals surface area contributed by atoms with Crippen molar-refractivity contribution < 1.29 is 19.0 Å². The van der Waals surface area contributed by atoms with E-state index in [1.165, 1.54) is 17.8 Å². The first-order valence-corrected chi connectivity index (χ1v) is 10.2. The summed E-state index contributed by atoms with van der Waals surface area (Å²) in [6.45, 7) is 0.590. The van der Waals surface area contributed by atoms with E-state index in [0.29, 0.717) is 39.7 Å². The van der Waals surface area contributed by atoms with Crippen LogP contribution in [0.3, 0.4) is 0 Å². The number of ether oxygens (including phenoxy) is 3. The van der Waals surface area contributed by atoms with Gasteiger partial charge in [-0.1, -0.05) is 35.5 Å². The third-order valence-electron chi connectivity index (χ3n) is 4.22. The molecule has 6 nitrogen and oxygen atoms in total. The van der Waals surface area contributed by atoms with Crippen LogP contribution in [0.5, 0.6) is 17.2 Å².